The zero-order chi connectivity index (χ0) is 11.5. The van der Waals surface area contributed by atoms with Crippen molar-refractivity contribution >= 4 is 27.5 Å². The van der Waals surface area contributed by atoms with Gasteiger partial charge in [0.15, 0.2) is 0 Å². The standard InChI is InChI=1S/C11H15BrClN3/c1-14-16-5-3-2-4-10(16)8-6-9(13)11(12)15-7-8/h6-7,10,14H,2-5H2,1H3/t10-/m1/s1. The molecule has 1 aromatic rings. The topological polar surface area (TPSA) is 28.2 Å². The molecule has 1 aliphatic rings. The smallest absolute Gasteiger partial charge is 0.124 e. The Bertz CT molecular complexity index is 372. The maximum atomic E-state index is 6.08. The second-order valence-electron chi connectivity index (χ2n) is 3.97. The Kier molecular flexibility index (Phi) is 4.19. The third-order valence-electron chi connectivity index (χ3n) is 2.99. The molecule has 1 aromatic heterocycles. The summed E-state index contributed by atoms with van der Waals surface area (Å²) in [7, 11) is 1.96. The van der Waals surface area contributed by atoms with E-state index >= 15 is 0 Å². The highest BCUT2D eigenvalue weighted by atomic mass is 79.9. The van der Waals surface area contributed by atoms with Gasteiger partial charge >= 0.3 is 0 Å². The highest BCUT2D eigenvalue weighted by molar-refractivity contribution is 9.10. The Labute approximate surface area is 109 Å². The van der Waals surface area contributed by atoms with Crippen LogP contribution in [0.3, 0.4) is 0 Å². The van der Waals surface area contributed by atoms with Crippen molar-refractivity contribution in [3.8, 4) is 0 Å². The van der Waals surface area contributed by atoms with Crippen LogP contribution in [0.4, 0.5) is 0 Å². The lowest BCUT2D eigenvalue weighted by Gasteiger charge is -2.35. The summed E-state index contributed by atoms with van der Waals surface area (Å²) in [6.07, 6.45) is 5.56. The van der Waals surface area contributed by atoms with Crippen molar-refractivity contribution in [3.63, 3.8) is 0 Å². The van der Waals surface area contributed by atoms with E-state index in [1.807, 2.05) is 19.3 Å². The minimum atomic E-state index is 0.386. The summed E-state index contributed by atoms with van der Waals surface area (Å²) in [5, 5.41) is 2.93. The van der Waals surface area contributed by atoms with Crippen molar-refractivity contribution in [2.45, 2.75) is 25.3 Å². The highest BCUT2D eigenvalue weighted by Gasteiger charge is 2.23. The van der Waals surface area contributed by atoms with Crippen molar-refractivity contribution in [2.75, 3.05) is 13.6 Å². The van der Waals surface area contributed by atoms with Crippen molar-refractivity contribution in [1.82, 2.24) is 15.4 Å². The summed E-state index contributed by atoms with van der Waals surface area (Å²) in [6, 6.07) is 2.38. The van der Waals surface area contributed by atoms with E-state index < -0.39 is 0 Å². The first-order valence-electron chi connectivity index (χ1n) is 5.47. The fourth-order valence-electron chi connectivity index (χ4n) is 2.16. The molecule has 5 heteroatoms. The van der Waals surface area contributed by atoms with Gasteiger partial charge in [0.2, 0.25) is 0 Å². The Morgan fingerprint density at radius 1 is 1.56 bits per heavy atom. The van der Waals surface area contributed by atoms with E-state index in [1.165, 1.54) is 18.4 Å². The first kappa shape index (κ1) is 12.3. The van der Waals surface area contributed by atoms with Gasteiger partial charge in [0, 0.05) is 12.7 Å². The molecular formula is C11H15BrClN3. The van der Waals surface area contributed by atoms with Crippen LogP contribution in [0.1, 0.15) is 30.9 Å². The van der Waals surface area contributed by atoms with Crippen LogP contribution in [0.25, 0.3) is 0 Å². The van der Waals surface area contributed by atoms with Gasteiger partial charge in [-0.1, -0.05) is 18.0 Å². The average molecular weight is 305 g/mol. The fraction of sp³-hybridized carbons (Fsp3) is 0.545. The van der Waals surface area contributed by atoms with E-state index in [0.29, 0.717) is 15.7 Å². The summed E-state index contributed by atoms with van der Waals surface area (Å²) < 4.78 is 0.713. The van der Waals surface area contributed by atoms with Gasteiger partial charge < -0.3 is 0 Å². The van der Waals surface area contributed by atoms with Crippen molar-refractivity contribution < 1.29 is 0 Å². The van der Waals surface area contributed by atoms with Crippen molar-refractivity contribution in [2.24, 2.45) is 0 Å². The van der Waals surface area contributed by atoms with E-state index in [0.717, 1.165) is 13.0 Å². The predicted octanol–water partition coefficient (Wildman–Crippen LogP) is 3.16. The van der Waals surface area contributed by atoms with E-state index in [9.17, 15) is 0 Å². The largest absolute Gasteiger partial charge is 0.258 e. The first-order valence-corrected chi connectivity index (χ1v) is 6.64. The van der Waals surface area contributed by atoms with Gasteiger partial charge in [0.05, 0.1) is 11.1 Å². The molecule has 0 spiro atoms. The average Bonchev–Trinajstić information content (AvgIpc) is 2.32. The molecular weight excluding hydrogens is 289 g/mol. The number of halogens is 2. The Balaban J connectivity index is 2.23. The fourth-order valence-corrected chi connectivity index (χ4v) is 2.56. The minimum absolute atomic E-state index is 0.386. The molecule has 88 valence electrons. The first-order chi connectivity index (χ1) is 7.72. The van der Waals surface area contributed by atoms with Crippen LogP contribution in [0.2, 0.25) is 5.02 Å². The number of hydrogen-bond donors (Lipinski definition) is 1. The van der Waals surface area contributed by atoms with E-state index in [1.54, 1.807) is 0 Å². The van der Waals surface area contributed by atoms with Crippen LogP contribution >= 0.6 is 27.5 Å². The van der Waals surface area contributed by atoms with E-state index in [2.05, 4.69) is 31.3 Å². The lowest BCUT2D eigenvalue weighted by Crippen LogP contribution is -2.41. The summed E-state index contributed by atoms with van der Waals surface area (Å²) in [4.78, 5) is 4.25. The number of nitrogens with zero attached hydrogens (tertiary/aromatic N) is 2. The quantitative estimate of drug-likeness (QED) is 0.851. The summed E-state index contributed by atoms with van der Waals surface area (Å²) >= 11 is 9.39. The number of aromatic nitrogens is 1. The molecule has 1 aliphatic heterocycles. The normalized spacial score (nSPS) is 22.3. The number of rotatable bonds is 2. The zero-order valence-electron chi connectivity index (χ0n) is 9.21. The number of hydrazine groups is 1. The molecule has 0 aromatic carbocycles. The Morgan fingerprint density at radius 3 is 3.06 bits per heavy atom. The number of pyridine rings is 1. The van der Waals surface area contributed by atoms with Crippen LogP contribution in [-0.2, 0) is 0 Å². The van der Waals surface area contributed by atoms with Crippen LogP contribution in [-0.4, -0.2) is 23.6 Å². The van der Waals surface area contributed by atoms with Crippen LogP contribution in [0, 0.1) is 0 Å². The van der Waals surface area contributed by atoms with Gasteiger partial charge in [0.1, 0.15) is 4.60 Å². The minimum Gasteiger partial charge on any atom is -0.258 e. The monoisotopic (exact) mass is 303 g/mol. The molecule has 1 saturated heterocycles. The van der Waals surface area contributed by atoms with Crippen LogP contribution in [0.15, 0.2) is 16.9 Å². The van der Waals surface area contributed by atoms with Gasteiger partial charge in [-0.25, -0.2) is 9.99 Å². The molecule has 0 saturated carbocycles. The van der Waals surface area contributed by atoms with E-state index in [4.69, 9.17) is 11.6 Å². The maximum Gasteiger partial charge on any atom is 0.124 e. The zero-order valence-corrected chi connectivity index (χ0v) is 11.6. The molecule has 1 atom stereocenters. The molecule has 2 rings (SSSR count). The second kappa shape index (κ2) is 5.45. The SMILES string of the molecule is CNN1CCCC[C@@H]1c1cnc(Br)c(Cl)c1. The molecule has 0 bridgehead atoms. The van der Waals surface area contributed by atoms with Gasteiger partial charge in [-0.2, -0.15) is 0 Å². The van der Waals surface area contributed by atoms with Crippen molar-refractivity contribution in [3.05, 3.63) is 27.5 Å². The van der Waals surface area contributed by atoms with E-state index in [-0.39, 0.29) is 0 Å². The molecule has 0 unspecified atom stereocenters. The Hall–Kier alpha value is -0.160. The molecule has 3 nitrogen and oxygen atoms in total. The molecule has 1 fully saturated rings. The Morgan fingerprint density at radius 2 is 2.38 bits per heavy atom. The lowest BCUT2D eigenvalue weighted by atomic mass is 9.98. The lowest BCUT2D eigenvalue weighted by molar-refractivity contribution is 0.0982. The van der Waals surface area contributed by atoms with Crippen LogP contribution in [0.5, 0.6) is 0 Å². The maximum absolute atomic E-state index is 6.08. The third kappa shape index (κ3) is 2.56. The number of piperidine rings is 1. The van der Waals surface area contributed by atoms with Crippen molar-refractivity contribution in [1.29, 1.82) is 0 Å². The van der Waals surface area contributed by atoms with Gasteiger partial charge in [-0.3, -0.25) is 5.43 Å². The number of hydrogen-bond acceptors (Lipinski definition) is 3. The summed E-state index contributed by atoms with van der Waals surface area (Å²) in [6.45, 7) is 1.08. The summed E-state index contributed by atoms with van der Waals surface area (Å²) in [5.74, 6) is 0. The van der Waals surface area contributed by atoms with Gasteiger partial charge in [0.25, 0.3) is 0 Å². The predicted molar refractivity (Wildman–Crippen MR) is 69.3 cm³/mol. The van der Waals surface area contributed by atoms with Crippen LogP contribution < -0.4 is 5.43 Å². The number of nitrogens with one attached hydrogen (secondary N) is 1. The second-order valence-corrected chi connectivity index (χ2v) is 5.13. The third-order valence-corrected chi connectivity index (χ3v) is 4.14. The molecule has 0 radical (unpaired) electrons. The molecule has 0 aliphatic carbocycles. The molecule has 0 amide bonds. The molecule has 1 N–H and O–H groups in total. The molecule has 16 heavy (non-hydrogen) atoms. The highest BCUT2D eigenvalue weighted by Crippen LogP contribution is 2.31. The summed E-state index contributed by atoms with van der Waals surface area (Å²) in [5.41, 5.74) is 4.42. The van der Waals surface area contributed by atoms with Gasteiger partial charge in [-0.15, -0.1) is 0 Å². The van der Waals surface area contributed by atoms with Gasteiger partial charge in [-0.05, 0) is 47.4 Å². The molecule has 2 heterocycles.